The van der Waals surface area contributed by atoms with E-state index in [4.69, 9.17) is 23.1 Å². The molecule has 10 heteroatoms. The second-order valence-electron chi connectivity index (χ2n) is 6.18. The summed E-state index contributed by atoms with van der Waals surface area (Å²) >= 11 is 5.79. The fourth-order valence-electron chi connectivity index (χ4n) is 2.72. The number of nitrogens with two attached hydrogens (primary N) is 2. The van der Waals surface area contributed by atoms with Crippen molar-refractivity contribution in [3.63, 3.8) is 0 Å². The van der Waals surface area contributed by atoms with E-state index >= 15 is 0 Å². The van der Waals surface area contributed by atoms with E-state index < -0.39 is 5.91 Å². The van der Waals surface area contributed by atoms with Crippen LogP contribution in [0.2, 0.25) is 5.15 Å². The predicted molar refractivity (Wildman–Crippen MR) is 104 cm³/mol. The van der Waals surface area contributed by atoms with Crippen LogP contribution in [0, 0.1) is 0 Å². The molecule has 1 aliphatic heterocycles. The fourth-order valence-corrected chi connectivity index (χ4v) is 2.84. The first-order chi connectivity index (χ1) is 12.9. The number of carbonyl (C=O) groups excluding carboxylic acids is 1. The Kier molecular flexibility index (Phi) is 5.60. The summed E-state index contributed by atoms with van der Waals surface area (Å²) in [6, 6.07) is 7.30. The first kappa shape index (κ1) is 18.7. The monoisotopic (exact) mass is 389 g/mol. The molecular weight excluding hydrogens is 370 g/mol. The van der Waals surface area contributed by atoms with Gasteiger partial charge >= 0.3 is 0 Å². The van der Waals surface area contributed by atoms with Gasteiger partial charge < -0.3 is 21.9 Å². The predicted octanol–water partition coefficient (Wildman–Crippen LogP) is 1.08. The van der Waals surface area contributed by atoms with Crippen LogP contribution in [-0.2, 0) is 6.42 Å². The molecule has 1 amide bonds. The lowest BCUT2D eigenvalue weighted by atomic mass is 10.0. The topological polar surface area (TPSA) is 152 Å². The number of phenolic OH excluding ortho intramolecular Hbond substituents is 1. The maximum absolute atomic E-state index is 12.3. The molecule has 2 heterocycles. The zero-order valence-corrected chi connectivity index (χ0v) is 15.2. The molecule has 0 unspecified atom stereocenters. The minimum absolute atomic E-state index is 0.0317. The molecule has 0 radical (unpaired) electrons. The Labute approximate surface area is 160 Å². The number of rotatable bonds is 5. The molecule has 3 rings (SSSR count). The summed E-state index contributed by atoms with van der Waals surface area (Å²) in [5.74, 6) is -0.0615. The third-order valence-electron chi connectivity index (χ3n) is 4.12. The maximum atomic E-state index is 12.3. The number of phenols is 1. The van der Waals surface area contributed by atoms with E-state index in [0.717, 1.165) is 24.8 Å². The van der Waals surface area contributed by atoms with E-state index in [9.17, 15) is 9.90 Å². The second-order valence-corrected chi connectivity index (χ2v) is 6.53. The number of nitrogens with one attached hydrogen (secondary N) is 2. The van der Waals surface area contributed by atoms with E-state index in [0.29, 0.717) is 12.5 Å². The maximum Gasteiger partial charge on any atom is 0.280 e. The van der Waals surface area contributed by atoms with Gasteiger partial charge in [-0.1, -0.05) is 23.7 Å². The Morgan fingerprint density at radius 1 is 1.26 bits per heavy atom. The summed E-state index contributed by atoms with van der Waals surface area (Å²) < 4.78 is 0. The molecule has 0 saturated carbocycles. The molecule has 0 spiro atoms. The average molecular weight is 390 g/mol. The molecule has 0 aliphatic carbocycles. The normalized spacial score (nSPS) is 15.9. The number of carbonyl (C=O) groups is 1. The smallest absolute Gasteiger partial charge is 0.280 e. The third-order valence-corrected chi connectivity index (χ3v) is 4.40. The van der Waals surface area contributed by atoms with E-state index in [2.05, 4.69) is 25.6 Å². The van der Waals surface area contributed by atoms with Crippen molar-refractivity contribution in [2.45, 2.75) is 25.3 Å². The van der Waals surface area contributed by atoms with Crippen LogP contribution in [0.3, 0.4) is 0 Å². The van der Waals surface area contributed by atoms with Gasteiger partial charge in [-0.3, -0.25) is 15.1 Å². The lowest BCUT2D eigenvalue weighted by molar-refractivity contribution is 0.0972. The molecule has 1 aromatic heterocycles. The molecule has 1 aliphatic rings. The van der Waals surface area contributed by atoms with Gasteiger partial charge in [-0.25, -0.2) is 9.97 Å². The largest absolute Gasteiger partial charge is 0.508 e. The van der Waals surface area contributed by atoms with Crippen molar-refractivity contribution in [3.8, 4) is 5.75 Å². The Hall–Kier alpha value is -3.07. The molecule has 27 heavy (non-hydrogen) atoms. The highest BCUT2D eigenvalue weighted by Crippen LogP contribution is 2.17. The molecule has 7 N–H and O–H groups in total. The summed E-state index contributed by atoms with van der Waals surface area (Å²) in [5.41, 5.74) is 12.2. The quantitative estimate of drug-likeness (QED) is 0.513. The van der Waals surface area contributed by atoms with Crippen LogP contribution in [0.4, 0.5) is 11.6 Å². The molecule has 9 nitrogen and oxygen atoms in total. The molecule has 1 atom stereocenters. The van der Waals surface area contributed by atoms with E-state index in [1.54, 1.807) is 12.1 Å². The number of benzene rings is 1. The van der Waals surface area contributed by atoms with Crippen LogP contribution in [-0.4, -0.2) is 39.5 Å². The van der Waals surface area contributed by atoms with Gasteiger partial charge in [0.1, 0.15) is 5.75 Å². The van der Waals surface area contributed by atoms with Crippen molar-refractivity contribution in [1.82, 2.24) is 20.6 Å². The number of amides is 1. The van der Waals surface area contributed by atoms with E-state index in [1.807, 2.05) is 12.1 Å². The van der Waals surface area contributed by atoms with Crippen LogP contribution in [0.1, 0.15) is 28.9 Å². The molecular formula is C17H20ClN7O2. The summed E-state index contributed by atoms with van der Waals surface area (Å²) in [6.45, 7) is 0.564. The summed E-state index contributed by atoms with van der Waals surface area (Å²) in [4.78, 5) is 24.2. The summed E-state index contributed by atoms with van der Waals surface area (Å²) in [7, 11) is 0. The van der Waals surface area contributed by atoms with Gasteiger partial charge in [0, 0.05) is 6.04 Å². The first-order valence-electron chi connectivity index (χ1n) is 8.41. The number of guanidine groups is 1. The number of aromatic nitrogens is 2. The number of hydrogen-bond donors (Lipinski definition) is 5. The first-order valence-corrected chi connectivity index (χ1v) is 8.79. The molecule has 142 valence electrons. The molecule has 2 aromatic rings. The van der Waals surface area contributed by atoms with Crippen LogP contribution in [0.25, 0.3) is 0 Å². The van der Waals surface area contributed by atoms with Gasteiger partial charge in [-0.05, 0) is 37.0 Å². The molecule has 0 fully saturated rings. The lowest BCUT2D eigenvalue weighted by Gasteiger charge is -2.12. The van der Waals surface area contributed by atoms with Crippen molar-refractivity contribution in [1.29, 1.82) is 0 Å². The van der Waals surface area contributed by atoms with Crippen molar-refractivity contribution in [2.75, 3.05) is 18.0 Å². The Bertz CT molecular complexity index is 870. The number of aromatic hydroxyl groups is 1. The van der Waals surface area contributed by atoms with E-state index in [1.165, 1.54) is 0 Å². The van der Waals surface area contributed by atoms with Gasteiger partial charge in [0.25, 0.3) is 5.91 Å². The van der Waals surface area contributed by atoms with Crippen molar-refractivity contribution >= 4 is 35.1 Å². The highest BCUT2D eigenvalue weighted by Gasteiger charge is 2.22. The van der Waals surface area contributed by atoms with Crippen molar-refractivity contribution in [2.24, 2.45) is 4.99 Å². The molecule has 0 saturated heterocycles. The second kappa shape index (κ2) is 8.09. The fraction of sp³-hybridized carbons (Fsp3) is 0.294. The highest BCUT2D eigenvalue weighted by molar-refractivity contribution is 6.31. The highest BCUT2D eigenvalue weighted by atomic mass is 35.5. The van der Waals surface area contributed by atoms with Gasteiger partial charge in [-0.2, -0.15) is 0 Å². The van der Waals surface area contributed by atoms with Crippen molar-refractivity contribution in [3.05, 3.63) is 40.7 Å². The Morgan fingerprint density at radius 3 is 2.74 bits per heavy atom. The van der Waals surface area contributed by atoms with Gasteiger partial charge in [0.15, 0.2) is 28.4 Å². The standard InChI is InChI=1S/C17H20ClN7O2/c18-13-15(20)24-14(19)12(23-13)16(27)25-17-21-8-10(22-17)3-1-2-9-4-6-11(26)7-5-9/h4-7,10,26H,1-3,8H2,(H4,19,20,24)(H2,21,22,25,27)/t10-/m1/s1. The number of nitrogens with zero attached hydrogens (tertiary/aromatic N) is 3. The molecule has 0 bridgehead atoms. The van der Waals surface area contributed by atoms with E-state index in [-0.39, 0.29) is 34.3 Å². The zero-order valence-electron chi connectivity index (χ0n) is 14.4. The van der Waals surface area contributed by atoms with Gasteiger partial charge in [0.05, 0.1) is 6.54 Å². The van der Waals surface area contributed by atoms with Gasteiger partial charge in [-0.15, -0.1) is 0 Å². The number of aryl methyl sites for hydroxylation is 1. The van der Waals surface area contributed by atoms with Crippen LogP contribution in [0.15, 0.2) is 29.3 Å². The van der Waals surface area contributed by atoms with Crippen LogP contribution < -0.4 is 22.1 Å². The summed E-state index contributed by atoms with van der Waals surface area (Å²) in [6.07, 6.45) is 2.74. The Balaban J connectivity index is 1.47. The number of halogens is 1. The third kappa shape index (κ3) is 4.76. The number of aliphatic imine (C=N–C) groups is 1. The van der Waals surface area contributed by atoms with Crippen LogP contribution >= 0.6 is 11.6 Å². The lowest BCUT2D eigenvalue weighted by Crippen LogP contribution is -2.42. The number of nitrogen functional groups attached to an aromatic ring is 2. The number of anilines is 2. The average Bonchev–Trinajstić information content (AvgIpc) is 3.07. The zero-order chi connectivity index (χ0) is 19.4. The summed E-state index contributed by atoms with van der Waals surface area (Å²) in [5, 5.41) is 15.0. The Morgan fingerprint density at radius 2 is 2.00 bits per heavy atom. The minimum atomic E-state index is -0.558. The SMILES string of the molecule is Nc1nc(N)c(C(=O)NC2=NC[C@@H](CCCc3ccc(O)cc3)N2)nc1Cl. The molecule has 1 aromatic carbocycles. The van der Waals surface area contributed by atoms with Crippen LogP contribution in [0.5, 0.6) is 5.75 Å². The van der Waals surface area contributed by atoms with Crippen molar-refractivity contribution < 1.29 is 9.90 Å². The van der Waals surface area contributed by atoms with Gasteiger partial charge in [0.2, 0.25) is 0 Å². The number of hydrogen-bond acceptors (Lipinski definition) is 8. The minimum Gasteiger partial charge on any atom is -0.508 e.